The SMILES string of the molecule is FC(F)Oc1ccc(CCC2NCC3CCCC32)cc1. The Morgan fingerprint density at radius 3 is 2.75 bits per heavy atom. The molecule has 1 aliphatic carbocycles. The summed E-state index contributed by atoms with van der Waals surface area (Å²) in [6, 6.07) is 7.67. The van der Waals surface area contributed by atoms with Crippen LogP contribution in [0.25, 0.3) is 0 Å². The van der Waals surface area contributed by atoms with Gasteiger partial charge in [-0.2, -0.15) is 8.78 Å². The lowest BCUT2D eigenvalue weighted by Gasteiger charge is -2.18. The predicted molar refractivity (Wildman–Crippen MR) is 74.0 cm³/mol. The lowest BCUT2D eigenvalue weighted by atomic mass is 9.90. The number of hydrogen-bond donors (Lipinski definition) is 1. The first-order valence-electron chi connectivity index (χ1n) is 7.49. The fourth-order valence-corrected chi connectivity index (χ4v) is 3.78. The third kappa shape index (κ3) is 3.11. The summed E-state index contributed by atoms with van der Waals surface area (Å²) in [5, 5.41) is 3.64. The van der Waals surface area contributed by atoms with Gasteiger partial charge in [0.2, 0.25) is 0 Å². The van der Waals surface area contributed by atoms with Crippen molar-refractivity contribution in [3.05, 3.63) is 29.8 Å². The van der Waals surface area contributed by atoms with E-state index in [4.69, 9.17) is 0 Å². The van der Waals surface area contributed by atoms with Crippen LogP contribution >= 0.6 is 0 Å². The molecule has 0 aromatic heterocycles. The number of fused-ring (bicyclic) bond motifs is 1. The Balaban J connectivity index is 1.51. The monoisotopic (exact) mass is 281 g/mol. The van der Waals surface area contributed by atoms with E-state index < -0.39 is 6.61 Å². The fourth-order valence-electron chi connectivity index (χ4n) is 3.78. The van der Waals surface area contributed by atoms with E-state index in [1.807, 2.05) is 12.1 Å². The summed E-state index contributed by atoms with van der Waals surface area (Å²) in [6.45, 7) is -1.57. The van der Waals surface area contributed by atoms with Crippen LogP contribution in [0.3, 0.4) is 0 Å². The Kier molecular flexibility index (Phi) is 4.20. The molecule has 2 aliphatic rings. The van der Waals surface area contributed by atoms with E-state index in [-0.39, 0.29) is 5.75 Å². The molecular weight excluding hydrogens is 260 g/mol. The molecule has 3 rings (SSSR count). The molecule has 2 nitrogen and oxygen atoms in total. The number of benzene rings is 1. The maximum atomic E-state index is 12.1. The highest BCUT2D eigenvalue weighted by molar-refractivity contribution is 5.27. The third-order valence-electron chi connectivity index (χ3n) is 4.77. The Bertz CT molecular complexity index is 435. The molecule has 1 aromatic carbocycles. The van der Waals surface area contributed by atoms with Crippen LogP contribution in [-0.2, 0) is 6.42 Å². The van der Waals surface area contributed by atoms with Crippen molar-refractivity contribution in [1.29, 1.82) is 0 Å². The van der Waals surface area contributed by atoms with Crippen molar-refractivity contribution in [2.24, 2.45) is 11.8 Å². The highest BCUT2D eigenvalue weighted by atomic mass is 19.3. The molecule has 1 heterocycles. The number of rotatable bonds is 5. The van der Waals surface area contributed by atoms with E-state index in [9.17, 15) is 8.78 Å². The van der Waals surface area contributed by atoms with Crippen LogP contribution in [0.5, 0.6) is 5.75 Å². The molecular formula is C16H21F2NO. The average molecular weight is 281 g/mol. The van der Waals surface area contributed by atoms with E-state index in [1.54, 1.807) is 12.1 Å². The molecule has 2 fully saturated rings. The maximum absolute atomic E-state index is 12.1. The van der Waals surface area contributed by atoms with Gasteiger partial charge in [-0.25, -0.2) is 0 Å². The van der Waals surface area contributed by atoms with Gasteiger partial charge in [0.05, 0.1) is 0 Å². The van der Waals surface area contributed by atoms with Gasteiger partial charge in [0.25, 0.3) is 0 Å². The van der Waals surface area contributed by atoms with Gasteiger partial charge in [-0.3, -0.25) is 0 Å². The minimum absolute atomic E-state index is 0.235. The molecule has 1 N–H and O–H groups in total. The molecule has 0 radical (unpaired) electrons. The summed E-state index contributed by atoms with van der Waals surface area (Å²) >= 11 is 0. The van der Waals surface area contributed by atoms with Crippen molar-refractivity contribution in [3.8, 4) is 5.75 Å². The first-order valence-corrected chi connectivity index (χ1v) is 7.49. The number of nitrogens with one attached hydrogen (secondary N) is 1. The van der Waals surface area contributed by atoms with Gasteiger partial charge in [-0.15, -0.1) is 0 Å². The summed E-state index contributed by atoms with van der Waals surface area (Å²) in [6.07, 6.45) is 6.26. The summed E-state index contributed by atoms with van der Waals surface area (Å²) < 4.78 is 28.5. The molecule has 1 aromatic rings. The molecule has 110 valence electrons. The van der Waals surface area contributed by atoms with Crippen molar-refractivity contribution >= 4 is 0 Å². The summed E-state index contributed by atoms with van der Waals surface area (Å²) in [5.74, 6) is 1.98. The minimum Gasteiger partial charge on any atom is -0.435 e. The van der Waals surface area contributed by atoms with Gasteiger partial charge in [0.1, 0.15) is 5.75 Å². The van der Waals surface area contributed by atoms with Crippen molar-refractivity contribution in [1.82, 2.24) is 5.32 Å². The van der Waals surface area contributed by atoms with Gasteiger partial charge in [0, 0.05) is 6.04 Å². The summed E-state index contributed by atoms with van der Waals surface area (Å²) in [7, 11) is 0. The molecule has 0 spiro atoms. The fraction of sp³-hybridized carbons (Fsp3) is 0.625. The van der Waals surface area contributed by atoms with Gasteiger partial charge in [-0.05, 0) is 61.8 Å². The zero-order valence-corrected chi connectivity index (χ0v) is 11.5. The standard InChI is InChI=1S/C16H21F2NO/c17-16(18)20-13-7-4-11(5-8-13)6-9-15-14-3-1-2-12(14)10-19-15/h4-5,7-8,12,14-16,19H,1-3,6,9-10H2. The minimum atomic E-state index is -2.75. The van der Waals surface area contributed by atoms with Crippen molar-refractivity contribution in [3.63, 3.8) is 0 Å². The van der Waals surface area contributed by atoms with Crippen LogP contribution < -0.4 is 10.1 Å². The van der Waals surface area contributed by atoms with Gasteiger partial charge in [0.15, 0.2) is 0 Å². The van der Waals surface area contributed by atoms with Gasteiger partial charge in [-0.1, -0.05) is 18.6 Å². The number of halogens is 2. The molecule has 4 heteroatoms. The van der Waals surface area contributed by atoms with Crippen molar-refractivity contribution in [2.45, 2.75) is 44.8 Å². The molecule has 0 bridgehead atoms. The van der Waals surface area contributed by atoms with Crippen LogP contribution in [0.4, 0.5) is 8.78 Å². The second-order valence-corrected chi connectivity index (χ2v) is 5.93. The van der Waals surface area contributed by atoms with E-state index in [0.717, 1.165) is 24.7 Å². The lowest BCUT2D eigenvalue weighted by Crippen LogP contribution is -2.27. The molecule has 1 saturated heterocycles. The highest BCUT2D eigenvalue weighted by Gasteiger charge is 2.38. The van der Waals surface area contributed by atoms with Crippen LogP contribution in [0.1, 0.15) is 31.2 Å². The van der Waals surface area contributed by atoms with Gasteiger partial charge >= 0.3 is 6.61 Å². The lowest BCUT2D eigenvalue weighted by molar-refractivity contribution is -0.0498. The van der Waals surface area contributed by atoms with E-state index in [1.165, 1.54) is 31.4 Å². The van der Waals surface area contributed by atoms with E-state index in [2.05, 4.69) is 10.1 Å². The Labute approximate surface area is 118 Å². The average Bonchev–Trinajstić information content (AvgIpc) is 3.01. The number of aryl methyl sites for hydroxylation is 1. The third-order valence-corrected chi connectivity index (χ3v) is 4.77. The number of alkyl halides is 2. The Morgan fingerprint density at radius 2 is 2.00 bits per heavy atom. The van der Waals surface area contributed by atoms with E-state index >= 15 is 0 Å². The van der Waals surface area contributed by atoms with Crippen molar-refractivity contribution < 1.29 is 13.5 Å². The zero-order valence-electron chi connectivity index (χ0n) is 11.5. The smallest absolute Gasteiger partial charge is 0.387 e. The quantitative estimate of drug-likeness (QED) is 0.890. The molecule has 3 unspecified atom stereocenters. The summed E-state index contributed by atoms with van der Waals surface area (Å²) in [5.41, 5.74) is 1.19. The van der Waals surface area contributed by atoms with Crippen molar-refractivity contribution in [2.75, 3.05) is 6.54 Å². The topological polar surface area (TPSA) is 21.3 Å². The molecule has 20 heavy (non-hydrogen) atoms. The first-order chi connectivity index (χ1) is 9.72. The first kappa shape index (κ1) is 13.8. The Hall–Kier alpha value is -1.16. The number of hydrogen-bond acceptors (Lipinski definition) is 2. The normalized spacial score (nSPS) is 28.9. The predicted octanol–water partition coefficient (Wildman–Crippen LogP) is 3.61. The zero-order chi connectivity index (χ0) is 13.9. The second kappa shape index (κ2) is 6.08. The maximum Gasteiger partial charge on any atom is 0.387 e. The Morgan fingerprint density at radius 1 is 1.20 bits per heavy atom. The van der Waals surface area contributed by atoms with Gasteiger partial charge < -0.3 is 10.1 Å². The molecule has 0 amide bonds. The molecule has 1 aliphatic heterocycles. The largest absolute Gasteiger partial charge is 0.435 e. The van der Waals surface area contributed by atoms with Crippen LogP contribution in [0.2, 0.25) is 0 Å². The highest BCUT2D eigenvalue weighted by Crippen LogP contribution is 2.39. The van der Waals surface area contributed by atoms with Crippen LogP contribution in [-0.4, -0.2) is 19.2 Å². The van der Waals surface area contributed by atoms with Crippen LogP contribution in [0, 0.1) is 11.8 Å². The number of ether oxygens (including phenoxy) is 1. The molecule has 3 atom stereocenters. The molecule has 1 saturated carbocycles. The van der Waals surface area contributed by atoms with Crippen LogP contribution in [0.15, 0.2) is 24.3 Å². The summed E-state index contributed by atoms with van der Waals surface area (Å²) in [4.78, 5) is 0. The van der Waals surface area contributed by atoms with E-state index in [0.29, 0.717) is 6.04 Å². The second-order valence-electron chi connectivity index (χ2n) is 5.93.